The van der Waals surface area contributed by atoms with Gasteiger partial charge in [0.25, 0.3) is 5.91 Å². The highest BCUT2D eigenvalue weighted by atomic mass is 16.4. The number of nitrogens with one attached hydrogen (secondary N) is 2. The normalized spacial score (nSPS) is 12.3. The van der Waals surface area contributed by atoms with Gasteiger partial charge in [-0.25, -0.2) is 4.79 Å². The highest BCUT2D eigenvalue weighted by molar-refractivity contribution is 6.04. The van der Waals surface area contributed by atoms with Crippen molar-refractivity contribution in [2.45, 2.75) is 6.10 Å². The van der Waals surface area contributed by atoms with Crippen LogP contribution in [0.25, 0.3) is 10.9 Å². The van der Waals surface area contributed by atoms with E-state index in [9.17, 15) is 9.59 Å². The van der Waals surface area contributed by atoms with Gasteiger partial charge in [0, 0.05) is 5.39 Å². The van der Waals surface area contributed by atoms with Gasteiger partial charge >= 0.3 is 5.97 Å². The highest BCUT2D eigenvalue weighted by Crippen LogP contribution is 2.14. The smallest absolute Gasteiger partial charge is 0.334 e. The van der Waals surface area contributed by atoms with Gasteiger partial charge in [-0.2, -0.15) is 5.10 Å². The van der Waals surface area contributed by atoms with Crippen molar-refractivity contribution in [3.8, 4) is 0 Å². The number of fused-ring (bicyclic) bond motifs is 1. The molecule has 4 N–H and O–H groups in total. The molecule has 18 heavy (non-hydrogen) atoms. The number of hydrogen-bond acceptors (Lipinski definition) is 4. The van der Waals surface area contributed by atoms with Crippen LogP contribution in [0.4, 0.5) is 0 Å². The predicted octanol–water partition coefficient (Wildman–Crippen LogP) is -0.262. The number of carboxylic acids is 1. The Morgan fingerprint density at radius 3 is 2.83 bits per heavy atom. The van der Waals surface area contributed by atoms with Crippen LogP contribution in [0.2, 0.25) is 0 Å². The summed E-state index contributed by atoms with van der Waals surface area (Å²) < 4.78 is 0. The summed E-state index contributed by atoms with van der Waals surface area (Å²) in [6, 6.07) is 7.06. The molecule has 0 spiro atoms. The first kappa shape index (κ1) is 12.1. The van der Waals surface area contributed by atoms with Crippen molar-refractivity contribution >= 4 is 22.8 Å². The highest BCUT2D eigenvalue weighted by Gasteiger charge is 2.17. The van der Waals surface area contributed by atoms with Crippen molar-refractivity contribution < 1.29 is 19.8 Å². The van der Waals surface area contributed by atoms with Gasteiger partial charge in [-0.3, -0.25) is 9.89 Å². The minimum absolute atomic E-state index is 0.170. The first-order valence-electron chi connectivity index (χ1n) is 5.22. The maximum Gasteiger partial charge on any atom is 0.334 e. The molecule has 0 saturated carbocycles. The van der Waals surface area contributed by atoms with E-state index in [1.54, 1.807) is 24.3 Å². The number of H-pyrrole nitrogens is 1. The Balaban J connectivity index is 2.12. The third kappa shape index (κ3) is 2.30. The SMILES string of the molecule is O=C(NC[C@H](O)C(=O)O)c1n[nH]c2ccccc12. The number of para-hydroxylation sites is 1. The lowest BCUT2D eigenvalue weighted by Gasteiger charge is -2.06. The summed E-state index contributed by atoms with van der Waals surface area (Å²) >= 11 is 0. The molecular formula is C11H11N3O4. The molecular weight excluding hydrogens is 238 g/mol. The second kappa shape index (κ2) is 4.84. The van der Waals surface area contributed by atoms with Crippen LogP contribution in [0.5, 0.6) is 0 Å². The minimum atomic E-state index is -1.63. The molecule has 0 bridgehead atoms. The summed E-state index contributed by atoms with van der Waals surface area (Å²) in [6.45, 7) is -0.366. The molecule has 2 rings (SSSR count). The molecule has 0 fully saturated rings. The molecule has 0 saturated heterocycles. The van der Waals surface area contributed by atoms with E-state index in [1.165, 1.54) is 0 Å². The monoisotopic (exact) mass is 249 g/mol. The quantitative estimate of drug-likeness (QED) is 0.595. The fourth-order valence-corrected chi connectivity index (χ4v) is 1.50. The molecule has 1 amide bonds. The maximum absolute atomic E-state index is 11.7. The van der Waals surface area contributed by atoms with Crippen LogP contribution in [0.15, 0.2) is 24.3 Å². The van der Waals surface area contributed by atoms with Crippen molar-refractivity contribution in [1.29, 1.82) is 0 Å². The van der Waals surface area contributed by atoms with Crippen molar-refractivity contribution in [1.82, 2.24) is 15.5 Å². The first-order chi connectivity index (χ1) is 8.59. The largest absolute Gasteiger partial charge is 0.479 e. The van der Waals surface area contributed by atoms with E-state index in [-0.39, 0.29) is 12.2 Å². The van der Waals surface area contributed by atoms with Crippen LogP contribution >= 0.6 is 0 Å². The Morgan fingerprint density at radius 2 is 2.11 bits per heavy atom. The summed E-state index contributed by atoms with van der Waals surface area (Å²) in [5, 5.41) is 27.0. The average Bonchev–Trinajstić information content (AvgIpc) is 2.79. The van der Waals surface area contributed by atoms with Crippen LogP contribution in [-0.4, -0.2) is 44.9 Å². The summed E-state index contributed by atoms with van der Waals surface area (Å²) in [5.41, 5.74) is 0.879. The van der Waals surface area contributed by atoms with Crippen molar-refractivity contribution in [2.24, 2.45) is 0 Å². The lowest BCUT2D eigenvalue weighted by Crippen LogP contribution is -2.36. The maximum atomic E-state index is 11.7. The van der Waals surface area contributed by atoms with Gasteiger partial charge in [0.15, 0.2) is 11.8 Å². The van der Waals surface area contributed by atoms with Crippen LogP contribution in [0.1, 0.15) is 10.5 Å². The number of carbonyl (C=O) groups excluding carboxylic acids is 1. The number of aromatic nitrogens is 2. The number of carbonyl (C=O) groups is 2. The topological polar surface area (TPSA) is 115 Å². The molecule has 0 aliphatic rings. The fourth-order valence-electron chi connectivity index (χ4n) is 1.50. The number of amides is 1. The van der Waals surface area contributed by atoms with Crippen molar-refractivity contribution in [3.63, 3.8) is 0 Å². The zero-order valence-corrected chi connectivity index (χ0v) is 9.25. The number of benzene rings is 1. The summed E-state index contributed by atoms with van der Waals surface area (Å²) in [5.74, 6) is -1.92. The molecule has 1 aromatic carbocycles. The second-order valence-electron chi connectivity index (χ2n) is 3.68. The van der Waals surface area contributed by atoms with Gasteiger partial charge in [-0.05, 0) is 6.07 Å². The van der Waals surface area contributed by atoms with E-state index in [2.05, 4.69) is 15.5 Å². The predicted molar refractivity (Wildman–Crippen MR) is 62.1 cm³/mol. The van der Waals surface area contributed by atoms with Gasteiger partial charge in [0.2, 0.25) is 0 Å². The Hall–Kier alpha value is -2.41. The number of aliphatic hydroxyl groups is 1. The molecule has 0 aliphatic carbocycles. The lowest BCUT2D eigenvalue weighted by molar-refractivity contribution is -0.146. The third-order valence-corrected chi connectivity index (χ3v) is 2.43. The van der Waals surface area contributed by atoms with Crippen LogP contribution in [-0.2, 0) is 4.79 Å². The Bertz CT molecular complexity index is 593. The Labute approximate surface area is 101 Å². The molecule has 1 aromatic heterocycles. The third-order valence-electron chi connectivity index (χ3n) is 2.43. The summed E-state index contributed by atoms with van der Waals surface area (Å²) in [7, 11) is 0. The Morgan fingerprint density at radius 1 is 1.39 bits per heavy atom. The lowest BCUT2D eigenvalue weighted by atomic mass is 10.2. The standard InChI is InChI=1S/C11H11N3O4/c15-8(11(17)18)5-12-10(16)9-6-3-1-2-4-7(6)13-14-9/h1-4,8,15H,5H2,(H,12,16)(H,13,14)(H,17,18)/t8-/m0/s1. The van der Waals surface area contributed by atoms with Crippen LogP contribution < -0.4 is 5.32 Å². The van der Waals surface area contributed by atoms with E-state index >= 15 is 0 Å². The van der Waals surface area contributed by atoms with Gasteiger partial charge < -0.3 is 15.5 Å². The van der Waals surface area contributed by atoms with E-state index in [4.69, 9.17) is 10.2 Å². The van der Waals surface area contributed by atoms with E-state index in [0.29, 0.717) is 10.9 Å². The van der Waals surface area contributed by atoms with E-state index < -0.39 is 18.0 Å². The molecule has 1 atom stereocenters. The van der Waals surface area contributed by atoms with Crippen molar-refractivity contribution in [2.75, 3.05) is 6.54 Å². The number of aromatic amines is 1. The molecule has 0 aliphatic heterocycles. The number of aliphatic hydroxyl groups excluding tert-OH is 1. The molecule has 0 radical (unpaired) electrons. The number of aliphatic carboxylic acids is 1. The molecule has 7 nitrogen and oxygen atoms in total. The zero-order chi connectivity index (χ0) is 13.1. The number of rotatable bonds is 4. The van der Waals surface area contributed by atoms with Gasteiger partial charge in [-0.15, -0.1) is 0 Å². The number of nitrogens with zero attached hydrogens (tertiary/aromatic N) is 1. The van der Waals surface area contributed by atoms with Gasteiger partial charge in [0.1, 0.15) is 0 Å². The number of carboxylic acid groups (broad SMARTS) is 1. The van der Waals surface area contributed by atoms with Gasteiger partial charge in [0.05, 0.1) is 12.1 Å². The molecule has 0 unspecified atom stereocenters. The molecule has 7 heteroatoms. The zero-order valence-electron chi connectivity index (χ0n) is 9.25. The second-order valence-corrected chi connectivity index (χ2v) is 3.68. The van der Waals surface area contributed by atoms with Gasteiger partial charge in [-0.1, -0.05) is 18.2 Å². The average molecular weight is 249 g/mol. The fraction of sp³-hybridized carbons (Fsp3) is 0.182. The van der Waals surface area contributed by atoms with Crippen LogP contribution in [0, 0.1) is 0 Å². The van der Waals surface area contributed by atoms with E-state index in [0.717, 1.165) is 0 Å². The van der Waals surface area contributed by atoms with E-state index in [1.807, 2.05) is 0 Å². The van der Waals surface area contributed by atoms with Crippen LogP contribution in [0.3, 0.4) is 0 Å². The molecule has 94 valence electrons. The summed E-state index contributed by atoms with van der Waals surface area (Å²) in [6.07, 6.45) is -1.63. The minimum Gasteiger partial charge on any atom is -0.479 e. The first-order valence-corrected chi connectivity index (χ1v) is 5.22. The number of hydrogen-bond donors (Lipinski definition) is 4. The molecule has 1 heterocycles. The van der Waals surface area contributed by atoms with Crippen molar-refractivity contribution in [3.05, 3.63) is 30.0 Å². The Kier molecular flexibility index (Phi) is 3.24. The summed E-state index contributed by atoms with van der Waals surface area (Å²) in [4.78, 5) is 22.1. The molecule has 2 aromatic rings.